The number of rotatable bonds is 3. The first-order chi connectivity index (χ1) is 9.51. The van der Waals surface area contributed by atoms with Crippen molar-refractivity contribution in [2.75, 3.05) is 0 Å². The molecule has 1 aliphatic rings. The summed E-state index contributed by atoms with van der Waals surface area (Å²) < 4.78 is 26.6. The SMILES string of the molecule is Cc1ccc(S(=O)(=O)N2[C@H](c3ccccc3)[C@@H]2C)nc1. The third-order valence-corrected chi connectivity index (χ3v) is 5.49. The van der Waals surface area contributed by atoms with Gasteiger partial charge in [-0.1, -0.05) is 36.4 Å². The molecule has 2 aromatic rings. The van der Waals surface area contributed by atoms with Gasteiger partial charge in [0.15, 0.2) is 5.03 Å². The van der Waals surface area contributed by atoms with Crippen LogP contribution in [0.3, 0.4) is 0 Å². The van der Waals surface area contributed by atoms with E-state index < -0.39 is 10.0 Å². The topological polar surface area (TPSA) is 50.0 Å². The fourth-order valence-corrected chi connectivity index (χ4v) is 4.22. The van der Waals surface area contributed by atoms with Crippen molar-refractivity contribution in [3.8, 4) is 0 Å². The highest BCUT2D eigenvalue weighted by Crippen LogP contribution is 2.46. The van der Waals surface area contributed by atoms with Crippen LogP contribution < -0.4 is 0 Å². The molecule has 0 radical (unpaired) electrons. The Bertz CT molecular complexity index is 711. The van der Waals surface area contributed by atoms with Gasteiger partial charge in [0.25, 0.3) is 10.0 Å². The number of hydrogen-bond donors (Lipinski definition) is 0. The molecule has 104 valence electrons. The van der Waals surface area contributed by atoms with E-state index in [1.165, 1.54) is 4.31 Å². The maximum atomic E-state index is 12.6. The molecule has 1 aromatic carbocycles. The number of benzene rings is 1. The van der Waals surface area contributed by atoms with Crippen molar-refractivity contribution >= 4 is 10.0 Å². The van der Waals surface area contributed by atoms with Crippen LogP contribution in [0.5, 0.6) is 0 Å². The van der Waals surface area contributed by atoms with Crippen LogP contribution in [-0.4, -0.2) is 23.7 Å². The van der Waals surface area contributed by atoms with Crippen molar-refractivity contribution in [2.45, 2.75) is 31.0 Å². The molecule has 1 aromatic heterocycles. The summed E-state index contributed by atoms with van der Waals surface area (Å²) in [7, 11) is -3.51. The van der Waals surface area contributed by atoms with Crippen molar-refractivity contribution in [3.05, 3.63) is 59.8 Å². The van der Waals surface area contributed by atoms with Gasteiger partial charge < -0.3 is 0 Å². The van der Waals surface area contributed by atoms with E-state index in [1.807, 2.05) is 44.2 Å². The molecule has 1 aliphatic heterocycles. The second-order valence-electron chi connectivity index (χ2n) is 5.10. The molecule has 1 fully saturated rings. The number of nitrogens with zero attached hydrogens (tertiary/aromatic N) is 2. The lowest BCUT2D eigenvalue weighted by molar-refractivity contribution is 0.544. The summed E-state index contributed by atoms with van der Waals surface area (Å²) in [6, 6.07) is 12.9. The summed E-state index contributed by atoms with van der Waals surface area (Å²) in [5, 5.41) is 0.119. The van der Waals surface area contributed by atoms with Gasteiger partial charge in [-0.3, -0.25) is 0 Å². The lowest BCUT2D eigenvalue weighted by Gasteiger charge is -2.06. The van der Waals surface area contributed by atoms with Crippen LogP contribution in [0, 0.1) is 6.92 Å². The molecule has 0 N–H and O–H groups in total. The minimum Gasteiger partial charge on any atom is -0.243 e. The van der Waals surface area contributed by atoms with Crippen molar-refractivity contribution in [1.29, 1.82) is 0 Å². The van der Waals surface area contributed by atoms with Crippen molar-refractivity contribution < 1.29 is 8.42 Å². The van der Waals surface area contributed by atoms with E-state index in [9.17, 15) is 8.42 Å². The summed E-state index contributed by atoms with van der Waals surface area (Å²) in [5.41, 5.74) is 1.97. The highest BCUT2D eigenvalue weighted by atomic mass is 32.2. The van der Waals surface area contributed by atoms with Crippen LogP contribution in [0.25, 0.3) is 0 Å². The van der Waals surface area contributed by atoms with Gasteiger partial charge in [0.05, 0.1) is 6.04 Å². The zero-order valence-electron chi connectivity index (χ0n) is 11.4. The van der Waals surface area contributed by atoms with E-state index in [1.54, 1.807) is 18.3 Å². The molecule has 0 saturated carbocycles. The van der Waals surface area contributed by atoms with Crippen LogP contribution in [0.2, 0.25) is 0 Å². The highest BCUT2D eigenvalue weighted by molar-refractivity contribution is 7.89. The molecule has 5 heteroatoms. The van der Waals surface area contributed by atoms with E-state index in [0.717, 1.165) is 11.1 Å². The Labute approximate surface area is 119 Å². The maximum absolute atomic E-state index is 12.6. The molecular formula is C15H16N2O2S. The lowest BCUT2D eigenvalue weighted by atomic mass is 10.1. The highest BCUT2D eigenvalue weighted by Gasteiger charge is 2.53. The van der Waals surface area contributed by atoms with Gasteiger partial charge >= 0.3 is 0 Å². The van der Waals surface area contributed by atoms with Crippen LogP contribution in [0.4, 0.5) is 0 Å². The van der Waals surface area contributed by atoms with Gasteiger partial charge in [-0.05, 0) is 31.0 Å². The predicted octanol–water partition coefficient (Wildman–Crippen LogP) is 2.52. The summed E-state index contributed by atoms with van der Waals surface area (Å²) >= 11 is 0. The first kappa shape index (κ1) is 13.3. The van der Waals surface area contributed by atoms with E-state index in [-0.39, 0.29) is 17.1 Å². The van der Waals surface area contributed by atoms with E-state index >= 15 is 0 Å². The van der Waals surface area contributed by atoms with E-state index in [4.69, 9.17) is 0 Å². The summed E-state index contributed by atoms with van der Waals surface area (Å²) in [5.74, 6) is 0. The van der Waals surface area contributed by atoms with Gasteiger partial charge in [-0.2, -0.15) is 4.31 Å². The Morgan fingerprint density at radius 1 is 1.10 bits per heavy atom. The lowest BCUT2D eigenvalue weighted by Crippen LogP contribution is -2.15. The smallest absolute Gasteiger partial charge is 0.243 e. The molecular weight excluding hydrogens is 272 g/mol. The van der Waals surface area contributed by atoms with E-state index in [2.05, 4.69) is 4.98 Å². The zero-order chi connectivity index (χ0) is 14.3. The Kier molecular flexibility index (Phi) is 3.11. The van der Waals surface area contributed by atoms with Crippen LogP contribution >= 0.6 is 0 Å². The Morgan fingerprint density at radius 3 is 2.40 bits per heavy atom. The second kappa shape index (κ2) is 4.68. The standard InChI is InChI=1S/C15H16N2O2S/c1-11-8-9-14(16-10-11)20(18,19)17-12(2)15(17)13-6-4-3-5-7-13/h3-10,12,15H,1-2H3/t12-,15-,17?/m0/s1. The number of aromatic nitrogens is 1. The van der Waals surface area contributed by atoms with Crippen molar-refractivity contribution in [3.63, 3.8) is 0 Å². The molecule has 20 heavy (non-hydrogen) atoms. The molecule has 4 nitrogen and oxygen atoms in total. The molecule has 0 aliphatic carbocycles. The van der Waals surface area contributed by atoms with E-state index in [0.29, 0.717) is 0 Å². The largest absolute Gasteiger partial charge is 0.261 e. The summed E-state index contributed by atoms with van der Waals surface area (Å²) in [4.78, 5) is 4.04. The van der Waals surface area contributed by atoms with Gasteiger partial charge in [-0.15, -0.1) is 0 Å². The monoisotopic (exact) mass is 288 g/mol. The molecule has 1 unspecified atom stereocenters. The fraction of sp³-hybridized carbons (Fsp3) is 0.267. The summed E-state index contributed by atoms with van der Waals surface area (Å²) in [6.45, 7) is 3.81. The van der Waals surface area contributed by atoms with Crippen LogP contribution in [-0.2, 0) is 10.0 Å². The fourth-order valence-electron chi connectivity index (χ4n) is 2.48. The molecule has 1 saturated heterocycles. The number of hydrogen-bond acceptors (Lipinski definition) is 3. The third kappa shape index (κ3) is 2.13. The Balaban J connectivity index is 1.92. The molecule has 0 bridgehead atoms. The molecule has 0 amide bonds. The molecule has 3 atom stereocenters. The van der Waals surface area contributed by atoms with Crippen molar-refractivity contribution in [2.24, 2.45) is 0 Å². The minimum absolute atomic E-state index is 0.0227. The summed E-state index contributed by atoms with van der Waals surface area (Å²) in [6.07, 6.45) is 1.58. The Hall–Kier alpha value is -1.72. The average Bonchev–Trinajstić information content (AvgIpc) is 3.13. The maximum Gasteiger partial charge on any atom is 0.261 e. The second-order valence-corrected chi connectivity index (χ2v) is 6.89. The Morgan fingerprint density at radius 2 is 1.80 bits per heavy atom. The average molecular weight is 288 g/mol. The van der Waals surface area contributed by atoms with Gasteiger partial charge in [-0.25, -0.2) is 13.4 Å². The zero-order valence-corrected chi connectivity index (χ0v) is 12.2. The molecule has 0 spiro atoms. The first-order valence-corrected chi connectivity index (χ1v) is 7.97. The predicted molar refractivity (Wildman–Crippen MR) is 76.6 cm³/mol. The van der Waals surface area contributed by atoms with Gasteiger partial charge in [0.2, 0.25) is 0 Å². The number of pyridine rings is 1. The van der Waals surface area contributed by atoms with Gasteiger partial charge in [0.1, 0.15) is 0 Å². The first-order valence-electron chi connectivity index (χ1n) is 6.53. The normalized spacial score (nSPS) is 25.4. The quantitative estimate of drug-likeness (QED) is 0.815. The number of sulfonamides is 1. The third-order valence-electron chi connectivity index (χ3n) is 3.61. The number of aryl methyl sites for hydroxylation is 1. The molecule has 2 heterocycles. The molecule has 3 rings (SSSR count). The van der Waals surface area contributed by atoms with Crippen LogP contribution in [0.1, 0.15) is 24.1 Å². The van der Waals surface area contributed by atoms with Gasteiger partial charge in [0, 0.05) is 12.2 Å². The minimum atomic E-state index is -3.51. The van der Waals surface area contributed by atoms with Crippen LogP contribution in [0.15, 0.2) is 53.7 Å². The van der Waals surface area contributed by atoms with Crippen molar-refractivity contribution in [1.82, 2.24) is 9.29 Å².